The van der Waals surface area contributed by atoms with E-state index in [1.807, 2.05) is 11.3 Å². The van der Waals surface area contributed by atoms with Crippen molar-refractivity contribution in [1.82, 2.24) is 4.57 Å². The van der Waals surface area contributed by atoms with Crippen LogP contribution in [0.15, 0.2) is 36.5 Å². The van der Waals surface area contributed by atoms with Gasteiger partial charge in [0.25, 0.3) is 0 Å². The lowest BCUT2D eigenvalue weighted by molar-refractivity contribution is 0.285. The number of hydrogen-bond donors (Lipinski definition) is 0. The maximum absolute atomic E-state index is 2.79. The van der Waals surface area contributed by atoms with E-state index in [2.05, 4.69) is 66.9 Å². The normalized spacial score (nSPS) is 22.0. The maximum atomic E-state index is 2.79. The Morgan fingerprint density at radius 3 is 2.60 bits per heavy atom. The summed E-state index contributed by atoms with van der Waals surface area (Å²) in [5.74, 6) is 0. The number of fused-ring (bicyclic) bond motifs is 4. The Morgan fingerprint density at radius 2 is 1.84 bits per heavy atom. The first-order valence-corrected chi connectivity index (χ1v) is 10.4. The maximum Gasteiger partial charge on any atom is 0.103 e. The van der Waals surface area contributed by atoms with Crippen molar-refractivity contribution in [2.24, 2.45) is 7.05 Å². The summed E-state index contributed by atoms with van der Waals surface area (Å²) in [6.07, 6.45) is 8.89. The molecule has 3 heterocycles. The first-order chi connectivity index (χ1) is 12.1. The van der Waals surface area contributed by atoms with E-state index >= 15 is 0 Å². The lowest BCUT2D eigenvalue weighted by atomic mass is 9.76. The van der Waals surface area contributed by atoms with E-state index in [-0.39, 0.29) is 5.54 Å². The van der Waals surface area contributed by atoms with Gasteiger partial charge in [-0.05, 0) is 44.4 Å². The molecule has 0 bridgehead atoms. The van der Waals surface area contributed by atoms with Crippen LogP contribution in [-0.4, -0.2) is 4.57 Å². The molecule has 2 aliphatic rings. The van der Waals surface area contributed by atoms with Gasteiger partial charge in [0, 0.05) is 34.8 Å². The summed E-state index contributed by atoms with van der Waals surface area (Å²) in [5.41, 5.74) is 4.69. The molecule has 2 aromatic heterocycles. The molecule has 25 heavy (non-hydrogen) atoms. The van der Waals surface area contributed by atoms with Crippen molar-refractivity contribution in [1.29, 1.82) is 0 Å². The van der Waals surface area contributed by atoms with E-state index in [9.17, 15) is 0 Å². The highest BCUT2D eigenvalue weighted by Crippen LogP contribution is 2.59. The van der Waals surface area contributed by atoms with Crippen LogP contribution in [0.1, 0.15) is 61.1 Å². The number of thiophene rings is 1. The number of benzene rings is 1. The molecule has 5 rings (SSSR count). The van der Waals surface area contributed by atoms with Crippen LogP contribution in [-0.2, 0) is 12.6 Å². The molecule has 0 saturated heterocycles. The van der Waals surface area contributed by atoms with Crippen LogP contribution in [0.25, 0.3) is 10.2 Å². The molecular weight excluding hydrogens is 324 g/mol. The van der Waals surface area contributed by atoms with Crippen molar-refractivity contribution >= 4 is 27.2 Å². The van der Waals surface area contributed by atoms with Gasteiger partial charge < -0.3 is 9.47 Å². The lowest BCUT2D eigenvalue weighted by Gasteiger charge is -2.46. The van der Waals surface area contributed by atoms with Crippen molar-refractivity contribution < 1.29 is 0 Å². The monoisotopic (exact) mass is 350 g/mol. The number of aromatic nitrogens is 1. The summed E-state index contributed by atoms with van der Waals surface area (Å²) in [4.78, 5) is 5.84. The summed E-state index contributed by atoms with van der Waals surface area (Å²) < 4.78 is 2.31. The number of nitrogens with zero attached hydrogens (tertiary/aromatic N) is 2. The largest absolute Gasteiger partial charge is 0.354 e. The standard InChI is InChI=1S/C22H26N2S/c1-15-9-5-6-10-18(15)24-16(2)20-19(22(24)12-7-4-8-13-22)17-11-14-23(3)21(17)25-20/h5-6,9-11,14,16H,4,7-8,12-13H2,1-3H3. The molecule has 0 N–H and O–H groups in total. The average Bonchev–Trinajstić information content (AvgIpc) is 3.23. The second-order valence-corrected chi connectivity index (χ2v) is 8.94. The quantitative estimate of drug-likeness (QED) is 0.501. The zero-order valence-electron chi connectivity index (χ0n) is 15.4. The van der Waals surface area contributed by atoms with Gasteiger partial charge >= 0.3 is 0 Å². The third kappa shape index (κ3) is 1.96. The highest BCUT2D eigenvalue weighted by molar-refractivity contribution is 7.19. The molecule has 1 fully saturated rings. The van der Waals surface area contributed by atoms with Gasteiger partial charge in [0.15, 0.2) is 0 Å². The Hall–Kier alpha value is -1.74. The van der Waals surface area contributed by atoms with Crippen LogP contribution in [0.5, 0.6) is 0 Å². The van der Waals surface area contributed by atoms with Gasteiger partial charge in [-0.15, -0.1) is 11.3 Å². The van der Waals surface area contributed by atoms with Gasteiger partial charge in [-0.3, -0.25) is 0 Å². The highest BCUT2D eigenvalue weighted by atomic mass is 32.1. The molecule has 1 aliphatic carbocycles. The van der Waals surface area contributed by atoms with Crippen molar-refractivity contribution in [3.8, 4) is 0 Å². The summed E-state index contributed by atoms with van der Waals surface area (Å²) >= 11 is 2.02. The Morgan fingerprint density at radius 1 is 1.08 bits per heavy atom. The summed E-state index contributed by atoms with van der Waals surface area (Å²) in [7, 11) is 2.19. The molecule has 3 heteroatoms. The lowest BCUT2D eigenvalue weighted by Crippen LogP contribution is -2.44. The minimum absolute atomic E-state index is 0.193. The molecule has 1 atom stereocenters. The predicted octanol–water partition coefficient (Wildman–Crippen LogP) is 6.29. The highest BCUT2D eigenvalue weighted by Gasteiger charge is 2.51. The Kier molecular flexibility index (Phi) is 3.34. The molecular formula is C22H26N2S. The molecule has 1 aromatic carbocycles. The van der Waals surface area contributed by atoms with E-state index in [0.717, 1.165) is 0 Å². The average molecular weight is 351 g/mol. The molecule has 0 radical (unpaired) electrons. The number of hydrogen-bond acceptors (Lipinski definition) is 2. The van der Waals surface area contributed by atoms with Gasteiger partial charge in [-0.2, -0.15) is 0 Å². The first kappa shape index (κ1) is 15.5. The van der Waals surface area contributed by atoms with Crippen molar-refractivity contribution in [2.75, 3.05) is 4.90 Å². The van der Waals surface area contributed by atoms with E-state index in [1.54, 1.807) is 10.4 Å². The fourth-order valence-electron chi connectivity index (χ4n) is 5.40. The van der Waals surface area contributed by atoms with Gasteiger partial charge in [0.1, 0.15) is 4.83 Å². The first-order valence-electron chi connectivity index (χ1n) is 9.57. The summed E-state index contributed by atoms with van der Waals surface area (Å²) in [5, 5.41) is 1.51. The van der Waals surface area contributed by atoms with Crippen LogP contribution in [0.3, 0.4) is 0 Å². The molecule has 1 unspecified atom stereocenters. The van der Waals surface area contributed by atoms with Crippen LogP contribution in [0.2, 0.25) is 0 Å². The van der Waals surface area contributed by atoms with E-state index in [0.29, 0.717) is 6.04 Å². The minimum atomic E-state index is 0.193. The van der Waals surface area contributed by atoms with Crippen LogP contribution >= 0.6 is 11.3 Å². The molecule has 1 aliphatic heterocycles. The number of rotatable bonds is 1. The summed E-state index contributed by atoms with van der Waals surface area (Å²) in [6.45, 7) is 4.69. The van der Waals surface area contributed by atoms with Crippen molar-refractivity contribution in [2.45, 2.75) is 57.5 Å². The Bertz CT molecular complexity index is 942. The number of anilines is 1. The Labute approximate surface area is 154 Å². The molecule has 3 aromatic rings. The zero-order chi connectivity index (χ0) is 17.2. The Balaban J connectivity index is 1.79. The third-order valence-corrected chi connectivity index (χ3v) is 7.95. The topological polar surface area (TPSA) is 8.17 Å². The molecule has 2 nitrogen and oxygen atoms in total. The molecule has 1 saturated carbocycles. The van der Waals surface area contributed by atoms with E-state index < -0.39 is 0 Å². The second kappa shape index (κ2) is 5.38. The van der Waals surface area contributed by atoms with Crippen LogP contribution in [0, 0.1) is 6.92 Å². The molecule has 1 spiro atoms. The number of para-hydroxylation sites is 1. The van der Waals surface area contributed by atoms with Crippen molar-refractivity contribution in [3.05, 3.63) is 52.5 Å². The zero-order valence-corrected chi connectivity index (χ0v) is 16.2. The van der Waals surface area contributed by atoms with Gasteiger partial charge in [-0.25, -0.2) is 0 Å². The second-order valence-electron chi connectivity index (χ2n) is 7.91. The van der Waals surface area contributed by atoms with E-state index in [4.69, 9.17) is 0 Å². The summed E-state index contributed by atoms with van der Waals surface area (Å²) in [6, 6.07) is 11.8. The van der Waals surface area contributed by atoms with Crippen molar-refractivity contribution in [3.63, 3.8) is 0 Å². The molecule has 0 amide bonds. The van der Waals surface area contributed by atoms with Gasteiger partial charge in [-0.1, -0.05) is 37.5 Å². The third-order valence-electron chi connectivity index (χ3n) is 6.49. The van der Waals surface area contributed by atoms with Crippen LogP contribution in [0.4, 0.5) is 5.69 Å². The van der Waals surface area contributed by atoms with E-state index in [1.165, 1.54) is 53.6 Å². The van der Waals surface area contributed by atoms with Gasteiger partial charge in [0.05, 0.1) is 11.6 Å². The number of aryl methyl sites for hydroxylation is 2. The predicted molar refractivity (Wildman–Crippen MR) is 108 cm³/mol. The fourth-order valence-corrected chi connectivity index (χ4v) is 6.77. The van der Waals surface area contributed by atoms with Gasteiger partial charge in [0.2, 0.25) is 0 Å². The minimum Gasteiger partial charge on any atom is -0.354 e. The van der Waals surface area contributed by atoms with Crippen LogP contribution < -0.4 is 4.90 Å². The SMILES string of the molecule is Cc1ccccc1N1C(C)c2sc3c(ccn3C)c2C12CCCCC2. The molecule has 130 valence electrons. The smallest absolute Gasteiger partial charge is 0.103 e. The fraction of sp³-hybridized carbons (Fsp3) is 0.455.